The van der Waals surface area contributed by atoms with Crippen molar-refractivity contribution in [1.29, 1.82) is 5.26 Å². The number of thioether (sulfide) groups is 1. The summed E-state index contributed by atoms with van der Waals surface area (Å²) in [5, 5.41) is 11.6. The van der Waals surface area contributed by atoms with Crippen molar-refractivity contribution in [2.75, 3.05) is 18.2 Å². The average Bonchev–Trinajstić information content (AvgIpc) is 2.70. The monoisotopic (exact) mass is 310 g/mol. The number of methoxy groups -OCH3 is 1. The standard InChI is InChI=1S/C14H18N2O4S/c1-8(5-13(18)19-4)21-7-12(17)16-14-11(6-15)9(2)10(3)20-14/h8H,5,7H2,1-4H3,(H,16,17). The zero-order valence-electron chi connectivity index (χ0n) is 12.5. The summed E-state index contributed by atoms with van der Waals surface area (Å²) in [6.07, 6.45) is 0.247. The van der Waals surface area contributed by atoms with E-state index in [0.717, 1.165) is 5.56 Å². The van der Waals surface area contributed by atoms with Crippen molar-refractivity contribution in [3.8, 4) is 6.07 Å². The van der Waals surface area contributed by atoms with Crippen LogP contribution in [-0.2, 0) is 14.3 Å². The van der Waals surface area contributed by atoms with E-state index in [-0.39, 0.29) is 35.2 Å². The van der Waals surface area contributed by atoms with Gasteiger partial charge in [-0.15, -0.1) is 11.8 Å². The summed E-state index contributed by atoms with van der Waals surface area (Å²) < 4.78 is 9.92. The van der Waals surface area contributed by atoms with Crippen LogP contribution >= 0.6 is 11.8 Å². The molecular weight excluding hydrogens is 292 g/mol. The minimum Gasteiger partial charge on any atom is -0.469 e. The molecule has 0 aliphatic rings. The highest BCUT2D eigenvalue weighted by atomic mass is 32.2. The molecule has 7 heteroatoms. The minimum atomic E-state index is -0.306. The molecule has 1 N–H and O–H groups in total. The number of nitriles is 1. The molecule has 1 unspecified atom stereocenters. The topological polar surface area (TPSA) is 92.3 Å². The van der Waals surface area contributed by atoms with E-state index in [4.69, 9.17) is 9.68 Å². The minimum absolute atomic E-state index is 0.0290. The highest BCUT2D eigenvalue weighted by Crippen LogP contribution is 2.25. The second-order valence-corrected chi connectivity index (χ2v) is 5.98. The Morgan fingerprint density at radius 1 is 1.48 bits per heavy atom. The molecule has 6 nitrogen and oxygen atoms in total. The lowest BCUT2D eigenvalue weighted by Gasteiger charge is -2.09. The number of rotatable bonds is 6. The number of ether oxygens (including phenoxy) is 1. The Morgan fingerprint density at radius 3 is 2.71 bits per heavy atom. The van der Waals surface area contributed by atoms with Crippen molar-refractivity contribution in [3.63, 3.8) is 0 Å². The van der Waals surface area contributed by atoms with Gasteiger partial charge in [-0.3, -0.25) is 14.9 Å². The quantitative estimate of drug-likeness (QED) is 0.811. The van der Waals surface area contributed by atoms with Crippen LogP contribution in [0, 0.1) is 25.2 Å². The van der Waals surface area contributed by atoms with Crippen molar-refractivity contribution >= 4 is 29.5 Å². The summed E-state index contributed by atoms with van der Waals surface area (Å²) in [5.74, 6) is 0.371. The number of aryl methyl sites for hydroxylation is 1. The van der Waals surface area contributed by atoms with Crippen molar-refractivity contribution in [1.82, 2.24) is 0 Å². The summed E-state index contributed by atoms with van der Waals surface area (Å²) in [5.41, 5.74) is 1.06. The highest BCUT2D eigenvalue weighted by Gasteiger charge is 2.17. The van der Waals surface area contributed by atoms with E-state index >= 15 is 0 Å². The van der Waals surface area contributed by atoms with Crippen molar-refractivity contribution < 1.29 is 18.7 Å². The Balaban J connectivity index is 2.54. The summed E-state index contributed by atoms with van der Waals surface area (Å²) in [7, 11) is 1.33. The molecule has 21 heavy (non-hydrogen) atoms. The molecule has 0 aromatic carbocycles. The molecule has 1 aromatic rings. The zero-order chi connectivity index (χ0) is 16.0. The molecule has 0 saturated carbocycles. The second-order valence-electron chi connectivity index (χ2n) is 4.55. The molecule has 0 aliphatic heterocycles. The largest absolute Gasteiger partial charge is 0.469 e. The van der Waals surface area contributed by atoms with Crippen LogP contribution in [0.1, 0.15) is 30.2 Å². The molecule has 0 radical (unpaired) electrons. The third kappa shape index (κ3) is 4.83. The summed E-state index contributed by atoms with van der Waals surface area (Å²) in [6, 6.07) is 2.01. The number of anilines is 1. The molecule has 0 aliphatic carbocycles. The molecule has 1 atom stereocenters. The Hall–Kier alpha value is -1.94. The van der Waals surface area contributed by atoms with Crippen LogP contribution in [0.5, 0.6) is 0 Å². The number of esters is 1. The Kier molecular flexibility index (Phi) is 6.31. The van der Waals surface area contributed by atoms with Crippen LogP contribution in [0.3, 0.4) is 0 Å². The lowest BCUT2D eigenvalue weighted by Crippen LogP contribution is -2.17. The van der Waals surface area contributed by atoms with Crippen molar-refractivity contribution in [2.45, 2.75) is 32.4 Å². The van der Waals surface area contributed by atoms with Crippen molar-refractivity contribution in [3.05, 3.63) is 16.9 Å². The fourth-order valence-electron chi connectivity index (χ4n) is 1.61. The molecule has 0 spiro atoms. The van der Waals surface area contributed by atoms with Gasteiger partial charge in [0.25, 0.3) is 0 Å². The first kappa shape index (κ1) is 17.1. The number of hydrogen-bond acceptors (Lipinski definition) is 6. The van der Waals surface area contributed by atoms with Crippen LogP contribution in [0.2, 0.25) is 0 Å². The van der Waals surface area contributed by atoms with Gasteiger partial charge in [0.05, 0.1) is 19.3 Å². The number of nitrogens with zero attached hydrogens (tertiary/aromatic N) is 1. The molecule has 0 fully saturated rings. The van der Waals surface area contributed by atoms with Crippen LogP contribution in [0.25, 0.3) is 0 Å². The van der Waals surface area contributed by atoms with Crippen LogP contribution in [0.15, 0.2) is 4.42 Å². The zero-order valence-corrected chi connectivity index (χ0v) is 13.3. The molecule has 1 aromatic heterocycles. The first-order valence-electron chi connectivity index (χ1n) is 6.37. The number of carbonyl (C=O) groups excluding carboxylic acids is 2. The van der Waals surface area contributed by atoms with E-state index in [1.807, 2.05) is 13.0 Å². The molecule has 0 bridgehead atoms. The number of carbonyl (C=O) groups is 2. The first-order valence-corrected chi connectivity index (χ1v) is 7.42. The van der Waals surface area contributed by atoms with E-state index < -0.39 is 0 Å². The second kappa shape index (κ2) is 7.74. The number of nitrogens with one attached hydrogen (secondary N) is 1. The first-order chi connectivity index (χ1) is 9.88. The lowest BCUT2D eigenvalue weighted by atomic mass is 10.2. The van der Waals surface area contributed by atoms with E-state index in [2.05, 4.69) is 10.1 Å². The smallest absolute Gasteiger partial charge is 0.306 e. The van der Waals surface area contributed by atoms with Gasteiger partial charge in [-0.2, -0.15) is 5.26 Å². The Morgan fingerprint density at radius 2 is 2.14 bits per heavy atom. The summed E-state index contributed by atoms with van der Waals surface area (Å²) >= 11 is 1.33. The molecule has 1 rings (SSSR count). The fourth-order valence-corrected chi connectivity index (χ4v) is 2.37. The molecule has 1 amide bonds. The van der Waals surface area contributed by atoms with Crippen LogP contribution < -0.4 is 5.32 Å². The predicted octanol–water partition coefficient (Wildman–Crippen LogP) is 2.39. The van der Waals surface area contributed by atoms with E-state index in [9.17, 15) is 9.59 Å². The van der Waals surface area contributed by atoms with Gasteiger partial charge in [0.2, 0.25) is 11.8 Å². The van der Waals surface area contributed by atoms with Crippen LogP contribution in [-0.4, -0.2) is 30.0 Å². The molecule has 114 valence electrons. The molecular formula is C14H18N2O4S. The van der Waals surface area contributed by atoms with E-state index in [1.165, 1.54) is 18.9 Å². The molecule has 1 heterocycles. The van der Waals surface area contributed by atoms with Gasteiger partial charge in [-0.1, -0.05) is 6.92 Å². The summed E-state index contributed by atoms with van der Waals surface area (Å²) in [6.45, 7) is 5.34. The van der Waals surface area contributed by atoms with Gasteiger partial charge in [0.1, 0.15) is 17.4 Å². The third-order valence-electron chi connectivity index (χ3n) is 2.93. The number of hydrogen-bond donors (Lipinski definition) is 1. The molecule has 0 saturated heterocycles. The highest BCUT2D eigenvalue weighted by molar-refractivity contribution is 8.00. The maximum Gasteiger partial charge on any atom is 0.306 e. The van der Waals surface area contributed by atoms with Gasteiger partial charge < -0.3 is 9.15 Å². The average molecular weight is 310 g/mol. The van der Waals surface area contributed by atoms with Gasteiger partial charge in [-0.25, -0.2) is 0 Å². The number of furan rings is 1. The Bertz CT molecular complexity index is 574. The van der Waals surface area contributed by atoms with E-state index in [0.29, 0.717) is 11.3 Å². The maximum atomic E-state index is 11.8. The number of amides is 1. The van der Waals surface area contributed by atoms with Crippen LogP contribution in [0.4, 0.5) is 5.88 Å². The normalized spacial score (nSPS) is 11.6. The van der Waals surface area contributed by atoms with Gasteiger partial charge >= 0.3 is 5.97 Å². The Labute approximate surface area is 127 Å². The van der Waals surface area contributed by atoms with Crippen molar-refractivity contribution in [2.24, 2.45) is 0 Å². The van der Waals surface area contributed by atoms with Gasteiger partial charge in [0.15, 0.2) is 0 Å². The lowest BCUT2D eigenvalue weighted by molar-refractivity contribution is -0.140. The predicted molar refractivity (Wildman–Crippen MR) is 80.1 cm³/mol. The third-order valence-corrected chi connectivity index (χ3v) is 4.10. The summed E-state index contributed by atoms with van der Waals surface area (Å²) in [4.78, 5) is 22.9. The SMILES string of the molecule is COC(=O)CC(C)SCC(=O)Nc1oc(C)c(C)c1C#N. The van der Waals surface area contributed by atoms with Gasteiger partial charge in [0, 0.05) is 10.8 Å². The van der Waals surface area contributed by atoms with Gasteiger partial charge in [-0.05, 0) is 13.8 Å². The van der Waals surface area contributed by atoms with E-state index in [1.54, 1.807) is 13.8 Å². The fraction of sp³-hybridized carbons (Fsp3) is 0.500. The maximum absolute atomic E-state index is 11.8.